The number of carboxylic acid groups (broad SMARTS) is 1. The Bertz CT molecular complexity index is 1480. The maximum atomic E-state index is 13.8. The first kappa shape index (κ1) is 36.9. The van der Waals surface area contributed by atoms with E-state index < -0.39 is 60.9 Å². The minimum Gasteiger partial charge on any atom is -0.487 e. The number of carboxylic acids is 1. The van der Waals surface area contributed by atoms with E-state index in [0.29, 0.717) is 30.1 Å². The van der Waals surface area contributed by atoms with Gasteiger partial charge in [0.05, 0.1) is 24.2 Å². The van der Waals surface area contributed by atoms with Crippen molar-refractivity contribution >= 4 is 31.1 Å². The van der Waals surface area contributed by atoms with Crippen LogP contribution in [0.5, 0.6) is 11.5 Å². The Morgan fingerprint density at radius 1 is 1.04 bits per heavy atom. The summed E-state index contributed by atoms with van der Waals surface area (Å²) in [6, 6.07) is 2.34. The van der Waals surface area contributed by atoms with Crippen LogP contribution in [0.3, 0.4) is 0 Å². The van der Waals surface area contributed by atoms with Crippen LogP contribution >= 0.6 is 0 Å². The highest BCUT2D eigenvalue weighted by Gasteiger charge is 2.67. The summed E-state index contributed by atoms with van der Waals surface area (Å²) in [6.45, 7) is 17.4. The summed E-state index contributed by atoms with van der Waals surface area (Å²) in [5, 5.41) is 9.22. The summed E-state index contributed by atoms with van der Waals surface area (Å²) in [7, 11) is -0.481. The van der Waals surface area contributed by atoms with E-state index >= 15 is 0 Å². The zero-order valence-corrected chi connectivity index (χ0v) is 30.1. The number of carbonyl (C=O) groups is 4. The molecule has 14 heteroatoms. The van der Waals surface area contributed by atoms with Gasteiger partial charge in [-0.3, -0.25) is 14.5 Å². The molecule has 5 aliphatic rings. The third kappa shape index (κ3) is 7.86. The predicted octanol–water partition coefficient (Wildman–Crippen LogP) is 4.62. The molecular weight excluding hydrogens is 635 g/mol. The molecule has 1 unspecified atom stereocenters. The Balaban J connectivity index is 1.42. The largest absolute Gasteiger partial charge is 0.514 e. The number of amides is 1. The van der Waals surface area contributed by atoms with E-state index in [1.165, 1.54) is 0 Å². The fraction of sp³-hybridized carbons (Fsp3) is 0.714. The molecule has 6 rings (SSSR count). The van der Waals surface area contributed by atoms with Crippen molar-refractivity contribution in [2.75, 3.05) is 13.1 Å². The second kappa shape index (κ2) is 13.1. The van der Waals surface area contributed by atoms with Crippen molar-refractivity contribution in [3.05, 3.63) is 23.3 Å². The van der Waals surface area contributed by atoms with Crippen molar-refractivity contribution < 1.29 is 52.5 Å². The number of hydrogen-bond donors (Lipinski definition) is 2. The molecule has 13 nitrogen and oxygen atoms in total. The zero-order chi connectivity index (χ0) is 36.3. The first-order chi connectivity index (χ1) is 22.6. The number of ether oxygens (including phenoxy) is 4. The number of rotatable bonds is 11. The van der Waals surface area contributed by atoms with E-state index in [4.69, 9.17) is 34.0 Å². The minimum absolute atomic E-state index is 0.00608. The van der Waals surface area contributed by atoms with Crippen LogP contribution in [0.25, 0.3) is 0 Å². The van der Waals surface area contributed by atoms with Gasteiger partial charge in [0.1, 0.15) is 28.6 Å². The lowest BCUT2D eigenvalue weighted by molar-refractivity contribution is -0.199. The molecule has 2 aliphatic heterocycles. The third-order valence-electron chi connectivity index (χ3n) is 10.3. The lowest BCUT2D eigenvalue weighted by atomic mass is 9.43. The number of likely N-dealkylation sites (tertiary alicyclic amines) is 1. The van der Waals surface area contributed by atoms with Crippen LogP contribution in [0, 0.1) is 17.3 Å². The lowest BCUT2D eigenvalue weighted by Gasteiger charge is -2.64. The molecule has 1 amide bonds. The molecule has 3 N–H and O–H groups in total. The molecule has 0 radical (unpaired) electrons. The monoisotopic (exact) mass is 686 g/mol. The van der Waals surface area contributed by atoms with E-state index in [2.05, 4.69) is 20.8 Å². The summed E-state index contributed by atoms with van der Waals surface area (Å²) in [5.74, 6) is -1.61. The molecule has 5 atom stereocenters. The number of aliphatic carboxylic acids is 1. The Morgan fingerprint density at radius 2 is 1.69 bits per heavy atom. The second-order valence-electron chi connectivity index (χ2n) is 16.6. The Labute approximate surface area is 288 Å². The number of nitrogens with zero attached hydrogens (tertiary/aromatic N) is 1. The second-order valence-corrected chi connectivity index (χ2v) is 16.6. The third-order valence-corrected chi connectivity index (χ3v) is 10.3. The quantitative estimate of drug-likeness (QED) is 0.188. The number of benzene rings is 1. The topological polar surface area (TPSA) is 173 Å². The molecule has 5 fully saturated rings. The maximum absolute atomic E-state index is 13.8. The molecule has 270 valence electrons. The molecule has 49 heavy (non-hydrogen) atoms. The highest BCUT2D eigenvalue weighted by molar-refractivity contribution is 6.45. The van der Waals surface area contributed by atoms with Gasteiger partial charge in [-0.2, -0.15) is 0 Å². The summed E-state index contributed by atoms with van der Waals surface area (Å²) in [5.41, 5.74) is 3.95. The first-order valence-electron chi connectivity index (χ1n) is 17.1. The number of carbonyl (C=O) groups excluding carboxylic acids is 3. The van der Waals surface area contributed by atoms with Crippen LogP contribution in [-0.4, -0.2) is 89.3 Å². The summed E-state index contributed by atoms with van der Waals surface area (Å²) >= 11 is 0. The van der Waals surface area contributed by atoms with Crippen molar-refractivity contribution in [2.24, 2.45) is 23.0 Å². The van der Waals surface area contributed by atoms with E-state index in [0.717, 1.165) is 12.8 Å². The van der Waals surface area contributed by atoms with Crippen molar-refractivity contribution in [1.29, 1.82) is 0 Å². The maximum Gasteiger partial charge on any atom is 0.514 e. The van der Waals surface area contributed by atoms with Gasteiger partial charge in [0.25, 0.3) is 0 Å². The SMILES string of the molecule is CC(C)(C)OC(=O)Oc1c(CCB2O[C@@H]3C[C@@H]4C[C@@H](C4(C)C)[C@]3(C)O2)ccc(OC2CN(C(CC(=O)O)C(N)=O)C2)c1C(=O)OC(C)(C)C. The molecule has 2 heterocycles. The van der Waals surface area contributed by atoms with Crippen molar-refractivity contribution in [1.82, 2.24) is 4.90 Å². The van der Waals surface area contributed by atoms with E-state index in [9.17, 15) is 24.3 Å². The molecule has 3 saturated carbocycles. The van der Waals surface area contributed by atoms with Crippen LogP contribution in [0.4, 0.5) is 4.79 Å². The molecule has 2 saturated heterocycles. The smallest absolute Gasteiger partial charge is 0.487 e. The average Bonchev–Trinajstić information content (AvgIpc) is 3.26. The van der Waals surface area contributed by atoms with Gasteiger partial charge in [-0.15, -0.1) is 0 Å². The highest BCUT2D eigenvalue weighted by Crippen LogP contribution is 2.65. The van der Waals surface area contributed by atoms with Crippen LogP contribution in [0.2, 0.25) is 6.32 Å². The van der Waals surface area contributed by atoms with Crippen LogP contribution < -0.4 is 15.2 Å². The molecule has 0 spiro atoms. The molecule has 1 aromatic carbocycles. The van der Waals surface area contributed by atoms with E-state index in [-0.39, 0.29) is 47.3 Å². The van der Waals surface area contributed by atoms with Gasteiger partial charge in [-0.1, -0.05) is 19.9 Å². The molecule has 3 aliphatic carbocycles. The van der Waals surface area contributed by atoms with Crippen molar-refractivity contribution in [3.8, 4) is 11.5 Å². The number of aryl methyl sites for hydroxylation is 1. The van der Waals surface area contributed by atoms with Gasteiger partial charge in [0.2, 0.25) is 5.91 Å². The summed E-state index contributed by atoms with van der Waals surface area (Å²) in [6.07, 6.45) is 0.908. The molecule has 1 aromatic rings. The fourth-order valence-corrected chi connectivity index (χ4v) is 7.80. The van der Waals surface area contributed by atoms with Gasteiger partial charge in [-0.05, 0) is 103 Å². The van der Waals surface area contributed by atoms with Gasteiger partial charge in [-0.25, -0.2) is 9.59 Å². The van der Waals surface area contributed by atoms with Gasteiger partial charge >= 0.3 is 25.2 Å². The predicted molar refractivity (Wildman–Crippen MR) is 178 cm³/mol. The van der Waals surface area contributed by atoms with Crippen LogP contribution in [0.1, 0.15) is 97.5 Å². The van der Waals surface area contributed by atoms with Gasteiger partial charge < -0.3 is 39.1 Å². The van der Waals surface area contributed by atoms with Crippen LogP contribution in [-0.2, 0) is 34.8 Å². The molecular formula is C35H51BN2O11. The van der Waals surface area contributed by atoms with E-state index in [1.807, 2.05) is 0 Å². The average molecular weight is 687 g/mol. The van der Waals surface area contributed by atoms with Gasteiger partial charge in [0.15, 0.2) is 5.75 Å². The Hall–Kier alpha value is -3.36. The number of esters is 1. The summed E-state index contributed by atoms with van der Waals surface area (Å²) in [4.78, 5) is 51.8. The number of nitrogens with two attached hydrogens (primary N) is 1. The Kier molecular flexibility index (Phi) is 9.85. The van der Waals surface area contributed by atoms with Crippen molar-refractivity contribution in [3.63, 3.8) is 0 Å². The zero-order valence-electron chi connectivity index (χ0n) is 30.1. The van der Waals surface area contributed by atoms with Crippen molar-refractivity contribution in [2.45, 2.75) is 129 Å². The van der Waals surface area contributed by atoms with E-state index in [1.54, 1.807) is 58.6 Å². The fourth-order valence-electron chi connectivity index (χ4n) is 7.80. The number of hydrogen-bond acceptors (Lipinski definition) is 11. The molecule has 2 bridgehead atoms. The number of primary amides is 1. The Morgan fingerprint density at radius 3 is 2.27 bits per heavy atom. The van der Waals surface area contributed by atoms with Crippen LogP contribution in [0.15, 0.2) is 12.1 Å². The lowest BCUT2D eigenvalue weighted by Crippen LogP contribution is -2.65. The normalized spacial score (nSPS) is 26.9. The minimum atomic E-state index is -1.15. The first-order valence-corrected chi connectivity index (χ1v) is 17.1. The summed E-state index contributed by atoms with van der Waals surface area (Å²) < 4.78 is 36.3. The standard InChI is InChI=1S/C35H51BN2O11/c1-32(2,3)46-30(42)27-23(44-21-17-38(18-21)22(29(37)41)16-26(39)40)11-10-19(28(27)45-31(43)47-33(4,5)6)12-13-36-48-25-15-20-14-24(34(20,7)8)35(25,9)49-36/h10-11,20-22,24-25H,12-18H2,1-9H3,(H2,37,41)(H,39,40)/t20-,22?,24-,25+,35-/m0/s1. The van der Waals surface area contributed by atoms with Gasteiger partial charge in [0, 0.05) is 13.1 Å². The highest BCUT2D eigenvalue weighted by atomic mass is 16.7. The molecule has 0 aromatic heterocycles.